The minimum atomic E-state index is 0. The minimum absolute atomic E-state index is 0. The van der Waals surface area contributed by atoms with Crippen LogP contribution in [0.5, 0.6) is 0 Å². The molecular weight excluding hydrogens is 733 g/mol. The number of hydrogen-bond acceptors (Lipinski definition) is 4. The first-order valence-corrected chi connectivity index (χ1v) is 16.1. The summed E-state index contributed by atoms with van der Waals surface area (Å²) in [7, 11) is 0. The summed E-state index contributed by atoms with van der Waals surface area (Å²) in [6.07, 6.45) is 7.63. The third-order valence-electron chi connectivity index (χ3n) is 8.42. The van der Waals surface area contributed by atoms with E-state index in [1.165, 1.54) is 27.8 Å². The van der Waals surface area contributed by atoms with Crippen LogP contribution < -0.4 is 0 Å². The second kappa shape index (κ2) is 16.2. The average Bonchev–Trinajstić information content (AvgIpc) is 3.01. The smallest absolute Gasteiger partial charge is 0.162 e. The molecule has 239 valence electrons. The summed E-state index contributed by atoms with van der Waals surface area (Å²) >= 11 is 0. The molecule has 0 aliphatic heterocycles. The molecule has 0 atom stereocenters. The van der Waals surface area contributed by atoms with Crippen molar-refractivity contribution in [2.24, 2.45) is 17.3 Å². The van der Waals surface area contributed by atoms with E-state index in [1.54, 1.807) is 6.33 Å². The molecule has 0 aliphatic carbocycles. The Morgan fingerprint density at radius 2 is 1.47 bits per heavy atom. The fourth-order valence-corrected chi connectivity index (χ4v) is 5.88. The maximum absolute atomic E-state index is 11.7. The normalized spacial score (nSPS) is 12.0. The first-order chi connectivity index (χ1) is 21.1. The number of aliphatic hydroxyl groups is 1. The van der Waals surface area contributed by atoms with E-state index in [-0.39, 0.29) is 48.9 Å². The average molecular weight is 780 g/mol. The summed E-state index contributed by atoms with van der Waals surface area (Å²) in [6.45, 7) is 14.9. The Kier molecular flexibility index (Phi) is 13.0. The van der Waals surface area contributed by atoms with Crippen LogP contribution in [-0.2, 0) is 31.3 Å². The SMILES string of the molecule is CC(C)(C)Cc1ccc2c(ccc3c(-c4[c-]c5ccccc5cc4)ncnc32)c1.CCC(CC)C(=O)/C=C(\O)C(CC)CC.[Ir]. The number of allylic oxidation sites excluding steroid dienone is 2. The van der Waals surface area contributed by atoms with Crippen molar-refractivity contribution in [3.05, 3.63) is 96.5 Å². The molecule has 45 heavy (non-hydrogen) atoms. The quantitative estimate of drug-likeness (QED) is 0.0700. The molecule has 0 fully saturated rings. The zero-order valence-corrected chi connectivity index (χ0v) is 30.2. The second-order valence-electron chi connectivity index (χ2n) is 12.9. The molecule has 0 spiro atoms. The van der Waals surface area contributed by atoms with Crippen molar-refractivity contribution >= 4 is 38.2 Å². The predicted molar refractivity (Wildman–Crippen MR) is 186 cm³/mol. The number of aromatic nitrogens is 2. The topological polar surface area (TPSA) is 63.1 Å². The molecule has 0 saturated carbocycles. The van der Waals surface area contributed by atoms with Crippen LogP contribution in [0.2, 0.25) is 0 Å². The largest absolute Gasteiger partial charge is 0.512 e. The van der Waals surface area contributed by atoms with Crippen LogP contribution in [0.25, 0.3) is 43.7 Å². The van der Waals surface area contributed by atoms with Gasteiger partial charge in [0.1, 0.15) is 6.33 Å². The number of hydrogen-bond donors (Lipinski definition) is 1. The molecule has 0 bridgehead atoms. The van der Waals surface area contributed by atoms with Crippen LogP contribution in [0.15, 0.2) is 84.9 Å². The number of fused-ring (bicyclic) bond motifs is 4. The minimum Gasteiger partial charge on any atom is -0.512 e. The van der Waals surface area contributed by atoms with Crippen LogP contribution in [0.1, 0.15) is 79.7 Å². The van der Waals surface area contributed by atoms with Crippen molar-refractivity contribution < 1.29 is 30.0 Å². The van der Waals surface area contributed by atoms with Crippen LogP contribution in [0.4, 0.5) is 0 Å². The summed E-state index contributed by atoms with van der Waals surface area (Å²) in [4.78, 5) is 21.0. The van der Waals surface area contributed by atoms with Gasteiger partial charge < -0.3 is 5.11 Å². The standard InChI is InChI=1S/C27H23N2.C13H24O2.Ir/c1-27(2,3)16-18-8-12-23-21(14-18)11-13-24-25(28-17-29-26(23)24)22-10-9-19-6-4-5-7-20(19)15-22;1-5-10(6-2)12(14)9-13(15)11(7-3)8-4;/h4-14,17H,16H2,1-3H3;9-11,14H,5-8H2,1-4H3;/q-1;;/b;12-9-;. The Bertz CT molecular complexity index is 1760. The van der Waals surface area contributed by atoms with E-state index in [1.807, 2.05) is 33.8 Å². The van der Waals surface area contributed by atoms with Crippen molar-refractivity contribution in [1.29, 1.82) is 0 Å². The van der Waals surface area contributed by atoms with E-state index in [9.17, 15) is 9.90 Å². The summed E-state index contributed by atoms with van der Waals surface area (Å²) < 4.78 is 0. The van der Waals surface area contributed by atoms with E-state index in [2.05, 4.69) is 97.5 Å². The van der Waals surface area contributed by atoms with Crippen molar-refractivity contribution in [1.82, 2.24) is 9.97 Å². The number of ketones is 1. The molecule has 1 heterocycles. The number of benzene rings is 4. The Balaban J connectivity index is 0.000000297. The molecule has 0 amide bonds. The fourth-order valence-electron chi connectivity index (χ4n) is 5.88. The van der Waals surface area contributed by atoms with Gasteiger partial charge in [-0.05, 0) is 53.9 Å². The zero-order chi connectivity index (χ0) is 31.9. The van der Waals surface area contributed by atoms with Crippen LogP contribution >= 0.6 is 0 Å². The first-order valence-electron chi connectivity index (χ1n) is 16.1. The summed E-state index contributed by atoms with van der Waals surface area (Å²) in [5, 5.41) is 15.5. The van der Waals surface area contributed by atoms with Gasteiger partial charge in [-0.2, -0.15) is 0 Å². The van der Waals surface area contributed by atoms with Crippen molar-refractivity contribution in [3.8, 4) is 11.3 Å². The molecule has 1 N–H and O–H groups in total. The van der Waals surface area contributed by atoms with Gasteiger partial charge >= 0.3 is 0 Å². The maximum atomic E-state index is 11.7. The zero-order valence-electron chi connectivity index (χ0n) is 27.8. The monoisotopic (exact) mass is 780 g/mol. The van der Waals surface area contributed by atoms with Crippen molar-refractivity contribution in [3.63, 3.8) is 0 Å². The third kappa shape index (κ3) is 9.08. The maximum Gasteiger partial charge on any atom is 0.162 e. The molecule has 5 heteroatoms. The Labute approximate surface area is 282 Å². The third-order valence-corrected chi connectivity index (χ3v) is 8.42. The van der Waals surface area contributed by atoms with Crippen molar-refractivity contribution in [2.75, 3.05) is 0 Å². The predicted octanol–water partition coefficient (Wildman–Crippen LogP) is 10.9. The Hall–Kier alpha value is -3.40. The van der Waals surface area contributed by atoms with Gasteiger partial charge in [0.05, 0.1) is 11.3 Å². The van der Waals surface area contributed by atoms with Gasteiger partial charge in [-0.1, -0.05) is 108 Å². The molecule has 5 rings (SSSR count). The van der Waals surface area contributed by atoms with Gasteiger partial charge in [0.15, 0.2) is 5.78 Å². The second-order valence-corrected chi connectivity index (χ2v) is 12.9. The molecule has 4 nitrogen and oxygen atoms in total. The number of rotatable bonds is 9. The molecular formula is C40H47IrN2O2-. The molecule has 4 aromatic carbocycles. The van der Waals surface area contributed by atoms with E-state index in [0.717, 1.165) is 59.7 Å². The molecule has 0 aliphatic rings. The van der Waals surface area contributed by atoms with Crippen molar-refractivity contribution in [2.45, 2.75) is 80.6 Å². The Morgan fingerprint density at radius 1 is 0.822 bits per heavy atom. The van der Waals surface area contributed by atoms with Gasteiger partial charge in [0, 0.05) is 49.1 Å². The van der Waals surface area contributed by atoms with Gasteiger partial charge in [0.25, 0.3) is 0 Å². The Morgan fingerprint density at radius 3 is 2.13 bits per heavy atom. The summed E-state index contributed by atoms with van der Waals surface area (Å²) in [6, 6.07) is 27.1. The number of aliphatic hydroxyl groups excluding tert-OH is 1. The molecule has 1 radical (unpaired) electrons. The molecule has 0 saturated heterocycles. The first kappa shape index (κ1) is 36.1. The molecule has 5 aromatic rings. The summed E-state index contributed by atoms with van der Waals surface area (Å²) in [5.74, 6) is 0.547. The molecule has 1 aromatic heterocycles. The van der Waals surface area contributed by atoms with E-state index in [4.69, 9.17) is 0 Å². The number of carbonyl (C=O) groups is 1. The van der Waals surface area contributed by atoms with E-state index in [0.29, 0.717) is 0 Å². The van der Waals surface area contributed by atoms with Crippen LogP contribution in [0, 0.1) is 23.3 Å². The van der Waals surface area contributed by atoms with Gasteiger partial charge in [-0.15, -0.1) is 29.7 Å². The summed E-state index contributed by atoms with van der Waals surface area (Å²) in [5.41, 5.74) is 4.56. The van der Waals surface area contributed by atoms with E-state index < -0.39 is 0 Å². The number of carbonyl (C=O) groups excluding carboxylic acids is 1. The van der Waals surface area contributed by atoms with Gasteiger partial charge in [-0.25, -0.2) is 4.98 Å². The number of nitrogens with zero attached hydrogens (tertiary/aromatic N) is 2. The van der Waals surface area contributed by atoms with E-state index >= 15 is 0 Å². The fraction of sp³-hybridized carbons (Fsp3) is 0.375. The van der Waals surface area contributed by atoms with Crippen LogP contribution in [-0.4, -0.2) is 20.9 Å². The van der Waals surface area contributed by atoms with Gasteiger partial charge in [0.2, 0.25) is 0 Å². The molecule has 0 unspecified atom stereocenters. The van der Waals surface area contributed by atoms with Gasteiger partial charge in [-0.3, -0.25) is 9.78 Å². The van der Waals surface area contributed by atoms with Crippen LogP contribution in [0.3, 0.4) is 0 Å².